The molecule has 0 heterocycles. The summed E-state index contributed by atoms with van der Waals surface area (Å²) in [6.07, 6.45) is 0. The molecule has 0 bridgehead atoms. The van der Waals surface area contributed by atoms with Crippen LogP contribution in [0.1, 0.15) is 5.56 Å². The number of benzene rings is 1. The molecule has 7 heteroatoms. The van der Waals surface area contributed by atoms with Gasteiger partial charge in [-0.25, -0.2) is 0 Å². The zero-order valence-corrected chi connectivity index (χ0v) is 7.26. The molecule has 0 aliphatic carbocycles. The van der Waals surface area contributed by atoms with Crippen LogP contribution in [0.15, 0.2) is 18.2 Å². The molecule has 0 aliphatic rings. The lowest BCUT2D eigenvalue weighted by Gasteiger charge is -2.07. The Hall–Kier alpha value is -1.76. The average molecular weight is 218 g/mol. The van der Waals surface area contributed by atoms with Crippen molar-refractivity contribution in [3.05, 3.63) is 40.5 Å². The zero-order chi connectivity index (χ0) is 11.4. The molecule has 0 saturated heterocycles. The van der Waals surface area contributed by atoms with Gasteiger partial charge in [0, 0.05) is 17.7 Å². The van der Waals surface area contributed by atoms with Gasteiger partial charge >= 0.3 is 6.61 Å². The van der Waals surface area contributed by atoms with Gasteiger partial charge in [0.1, 0.15) is 12.4 Å². The van der Waals surface area contributed by atoms with Crippen molar-refractivity contribution in [3.63, 3.8) is 0 Å². The molecule has 5 nitrogen and oxygen atoms in total. The van der Waals surface area contributed by atoms with Crippen molar-refractivity contribution >= 4 is 5.69 Å². The van der Waals surface area contributed by atoms with Crippen LogP contribution in [-0.2, 0) is 0 Å². The van der Waals surface area contributed by atoms with Crippen LogP contribution in [0.4, 0.5) is 14.5 Å². The van der Waals surface area contributed by atoms with Crippen molar-refractivity contribution < 1.29 is 23.5 Å². The smallest absolute Gasteiger partial charge is 0.387 e. The highest BCUT2D eigenvalue weighted by molar-refractivity contribution is 5.46. The Balaban J connectivity index is 3.03. The molecule has 0 fully saturated rings. The monoisotopic (exact) mass is 218 g/mol. The first-order valence-corrected chi connectivity index (χ1v) is 3.75. The predicted octanol–water partition coefficient (Wildman–Crippen LogP) is 2.08. The molecule has 1 radical (unpaired) electrons. The third kappa shape index (κ3) is 2.84. The molecule has 81 valence electrons. The molecule has 0 atom stereocenters. The van der Waals surface area contributed by atoms with Crippen molar-refractivity contribution in [1.82, 2.24) is 0 Å². The number of aliphatic hydroxyl groups excluding tert-OH is 1. The van der Waals surface area contributed by atoms with Gasteiger partial charge in [0.15, 0.2) is 0 Å². The van der Waals surface area contributed by atoms with Gasteiger partial charge in [0.25, 0.3) is 5.69 Å². The molecule has 1 rings (SSSR count). The number of ether oxygens (including phenoxy) is 1. The Morgan fingerprint density at radius 3 is 2.67 bits per heavy atom. The second-order valence-corrected chi connectivity index (χ2v) is 2.49. The molecule has 0 aliphatic heterocycles. The largest absolute Gasteiger partial charge is 0.434 e. The Labute approximate surface area is 83.1 Å². The summed E-state index contributed by atoms with van der Waals surface area (Å²) in [5, 5.41) is 19.0. The van der Waals surface area contributed by atoms with Crippen molar-refractivity contribution in [2.45, 2.75) is 6.61 Å². The van der Waals surface area contributed by atoms with E-state index in [-0.39, 0.29) is 17.0 Å². The fourth-order valence-electron chi connectivity index (χ4n) is 0.954. The van der Waals surface area contributed by atoms with Gasteiger partial charge in [-0.1, -0.05) is 0 Å². The standard InChI is InChI=1S/C8H6F2NO4/c9-8(10)15-7-2-1-6(11(13)14)3-5(7)4-12/h1-4,8,12H. The van der Waals surface area contributed by atoms with E-state index in [1.165, 1.54) is 0 Å². The fourth-order valence-corrected chi connectivity index (χ4v) is 0.954. The number of non-ortho nitro benzene ring substituents is 1. The zero-order valence-electron chi connectivity index (χ0n) is 7.26. The number of nitro groups is 1. The lowest BCUT2D eigenvalue weighted by molar-refractivity contribution is -0.384. The van der Waals surface area contributed by atoms with Crippen molar-refractivity contribution in [1.29, 1.82) is 0 Å². The van der Waals surface area contributed by atoms with Gasteiger partial charge in [0.05, 0.1) is 4.92 Å². The van der Waals surface area contributed by atoms with Crippen LogP contribution < -0.4 is 4.74 Å². The number of halogens is 2. The quantitative estimate of drug-likeness (QED) is 0.620. The van der Waals surface area contributed by atoms with Crippen LogP contribution in [0.25, 0.3) is 0 Å². The third-order valence-electron chi connectivity index (χ3n) is 1.56. The SMILES string of the molecule is O=[N+]([O-])c1ccc(OC(F)F)c([CH]O)c1. The van der Waals surface area contributed by atoms with E-state index >= 15 is 0 Å². The molecular weight excluding hydrogens is 212 g/mol. The number of alkyl halides is 2. The van der Waals surface area contributed by atoms with E-state index in [1.807, 2.05) is 0 Å². The van der Waals surface area contributed by atoms with Gasteiger partial charge in [0.2, 0.25) is 0 Å². The molecule has 15 heavy (non-hydrogen) atoms. The minimum absolute atomic E-state index is 0.176. The molecular formula is C8H6F2NO4. The van der Waals surface area contributed by atoms with E-state index in [1.54, 1.807) is 0 Å². The Kier molecular flexibility index (Phi) is 3.51. The number of hydrogen-bond acceptors (Lipinski definition) is 4. The van der Waals surface area contributed by atoms with Gasteiger partial charge in [-0.05, 0) is 6.07 Å². The van der Waals surface area contributed by atoms with Crippen LogP contribution >= 0.6 is 0 Å². The van der Waals surface area contributed by atoms with Crippen LogP contribution in [0.5, 0.6) is 5.75 Å². The number of rotatable bonds is 4. The molecule has 1 N–H and O–H groups in total. The van der Waals surface area contributed by atoms with Gasteiger partial charge in [-0.2, -0.15) is 8.78 Å². The lowest BCUT2D eigenvalue weighted by Crippen LogP contribution is -2.04. The summed E-state index contributed by atoms with van der Waals surface area (Å²) >= 11 is 0. The van der Waals surface area contributed by atoms with Gasteiger partial charge < -0.3 is 9.84 Å². The summed E-state index contributed by atoms with van der Waals surface area (Å²) in [5.41, 5.74) is -0.499. The van der Waals surface area contributed by atoms with E-state index in [0.717, 1.165) is 18.2 Å². The maximum absolute atomic E-state index is 11.8. The third-order valence-corrected chi connectivity index (χ3v) is 1.56. The topological polar surface area (TPSA) is 72.6 Å². The molecule has 0 aromatic heterocycles. The molecule has 0 spiro atoms. The van der Waals surface area contributed by atoms with Crippen molar-refractivity contribution in [2.75, 3.05) is 0 Å². The molecule has 1 aromatic carbocycles. The first-order valence-electron chi connectivity index (χ1n) is 3.75. The Morgan fingerprint density at radius 2 is 2.20 bits per heavy atom. The van der Waals surface area contributed by atoms with Crippen LogP contribution in [-0.4, -0.2) is 16.6 Å². The summed E-state index contributed by atoms with van der Waals surface area (Å²) in [7, 11) is 0. The van der Waals surface area contributed by atoms with E-state index in [4.69, 9.17) is 5.11 Å². The minimum atomic E-state index is -3.05. The number of nitro benzene ring substituents is 1. The highest BCUT2D eigenvalue weighted by Gasteiger charge is 2.14. The molecule has 0 saturated carbocycles. The molecule has 1 aromatic rings. The average Bonchev–Trinajstić information content (AvgIpc) is 2.17. The number of aliphatic hydroxyl groups is 1. The van der Waals surface area contributed by atoms with Crippen molar-refractivity contribution in [2.24, 2.45) is 0 Å². The Bertz CT molecular complexity index is 370. The molecule has 0 unspecified atom stereocenters. The second-order valence-electron chi connectivity index (χ2n) is 2.49. The highest BCUT2D eigenvalue weighted by Crippen LogP contribution is 2.26. The van der Waals surface area contributed by atoms with E-state index in [2.05, 4.69) is 4.74 Å². The molecule has 0 amide bonds. The number of nitrogens with zero attached hydrogens (tertiary/aromatic N) is 1. The summed E-state index contributed by atoms with van der Waals surface area (Å²) in [4.78, 5) is 9.61. The number of hydrogen-bond donors (Lipinski definition) is 1. The summed E-state index contributed by atoms with van der Waals surface area (Å²) in [5.74, 6) is -0.321. The first-order chi connectivity index (χ1) is 7.04. The van der Waals surface area contributed by atoms with Crippen LogP contribution in [0.3, 0.4) is 0 Å². The van der Waals surface area contributed by atoms with Gasteiger partial charge in [-0.15, -0.1) is 0 Å². The second kappa shape index (κ2) is 4.65. The first kappa shape index (κ1) is 11.3. The predicted molar refractivity (Wildman–Crippen MR) is 45.1 cm³/mol. The minimum Gasteiger partial charge on any atom is -0.434 e. The normalized spacial score (nSPS) is 10.4. The van der Waals surface area contributed by atoms with E-state index in [0.29, 0.717) is 6.61 Å². The fraction of sp³-hybridized carbons (Fsp3) is 0.125. The summed E-state index contributed by atoms with van der Waals surface area (Å²) in [6, 6.07) is 2.93. The Morgan fingerprint density at radius 1 is 1.53 bits per heavy atom. The van der Waals surface area contributed by atoms with Crippen LogP contribution in [0, 0.1) is 16.7 Å². The summed E-state index contributed by atoms with van der Waals surface area (Å²) in [6.45, 7) is -2.59. The van der Waals surface area contributed by atoms with E-state index in [9.17, 15) is 18.9 Å². The van der Waals surface area contributed by atoms with E-state index < -0.39 is 11.5 Å². The summed E-state index contributed by atoms with van der Waals surface area (Å²) < 4.78 is 27.7. The maximum Gasteiger partial charge on any atom is 0.387 e. The highest BCUT2D eigenvalue weighted by atomic mass is 19.3. The lowest BCUT2D eigenvalue weighted by atomic mass is 10.2. The van der Waals surface area contributed by atoms with Crippen molar-refractivity contribution in [3.8, 4) is 5.75 Å². The maximum atomic E-state index is 11.8. The van der Waals surface area contributed by atoms with Crippen LogP contribution in [0.2, 0.25) is 0 Å². The van der Waals surface area contributed by atoms with Gasteiger partial charge in [-0.3, -0.25) is 10.1 Å².